The summed E-state index contributed by atoms with van der Waals surface area (Å²) in [6.07, 6.45) is 0. The van der Waals surface area contributed by atoms with Crippen LogP contribution in [0.2, 0.25) is 0 Å². The van der Waals surface area contributed by atoms with Crippen LogP contribution in [0.3, 0.4) is 0 Å². The summed E-state index contributed by atoms with van der Waals surface area (Å²) >= 11 is 0. The molecule has 1 aliphatic rings. The predicted octanol–water partition coefficient (Wildman–Crippen LogP) is -0.244. The zero-order chi connectivity index (χ0) is 15.6. The SMILES string of the molecule is NCC(=O)N1CCN(S(=O)(=O)c2c(F)cccc2F)CC1. The van der Waals surface area contributed by atoms with Crippen LogP contribution in [0.25, 0.3) is 0 Å². The molecule has 1 amide bonds. The Bertz CT molecular complexity index is 623. The van der Waals surface area contributed by atoms with E-state index in [0.717, 1.165) is 22.5 Å². The van der Waals surface area contributed by atoms with Gasteiger partial charge in [-0.3, -0.25) is 4.79 Å². The molecule has 0 radical (unpaired) electrons. The van der Waals surface area contributed by atoms with Crippen molar-refractivity contribution < 1.29 is 22.0 Å². The van der Waals surface area contributed by atoms with Crippen LogP contribution >= 0.6 is 0 Å². The zero-order valence-corrected chi connectivity index (χ0v) is 11.9. The molecule has 1 heterocycles. The second-order valence-electron chi connectivity index (χ2n) is 4.54. The monoisotopic (exact) mass is 319 g/mol. The maximum atomic E-state index is 13.6. The fourth-order valence-electron chi connectivity index (χ4n) is 2.17. The molecule has 0 spiro atoms. The third kappa shape index (κ3) is 3.04. The molecule has 0 unspecified atom stereocenters. The number of rotatable bonds is 3. The van der Waals surface area contributed by atoms with Crippen LogP contribution < -0.4 is 5.73 Å². The lowest BCUT2D eigenvalue weighted by molar-refractivity contribution is -0.130. The van der Waals surface area contributed by atoms with Gasteiger partial charge in [-0.15, -0.1) is 0 Å². The summed E-state index contributed by atoms with van der Waals surface area (Å²) in [6.45, 7) is 0.0784. The lowest BCUT2D eigenvalue weighted by atomic mass is 10.3. The minimum Gasteiger partial charge on any atom is -0.339 e. The lowest BCUT2D eigenvalue weighted by Crippen LogP contribution is -2.52. The minimum atomic E-state index is -4.27. The topological polar surface area (TPSA) is 83.7 Å². The van der Waals surface area contributed by atoms with Gasteiger partial charge in [0.05, 0.1) is 6.54 Å². The first-order chi connectivity index (χ1) is 9.87. The second-order valence-corrected chi connectivity index (χ2v) is 6.41. The average Bonchev–Trinajstić information content (AvgIpc) is 2.46. The Morgan fingerprint density at radius 2 is 1.67 bits per heavy atom. The van der Waals surface area contributed by atoms with E-state index in [2.05, 4.69) is 0 Å². The van der Waals surface area contributed by atoms with Gasteiger partial charge in [0.2, 0.25) is 15.9 Å². The second kappa shape index (κ2) is 6.04. The highest BCUT2D eigenvalue weighted by Crippen LogP contribution is 2.23. The molecule has 2 N–H and O–H groups in total. The fraction of sp³-hybridized carbons (Fsp3) is 0.417. The molecule has 0 aromatic heterocycles. The first kappa shape index (κ1) is 15.8. The molecule has 6 nitrogen and oxygen atoms in total. The van der Waals surface area contributed by atoms with Gasteiger partial charge in [0.15, 0.2) is 4.90 Å². The predicted molar refractivity (Wildman–Crippen MR) is 70.8 cm³/mol. The molecular formula is C12H15F2N3O3S. The largest absolute Gasteiger partial charge is 0.339 e. The van der Waals surface area contributed by atoms with Crippen LogP contribution in [-0.2, 0) is 14.8 Å². The Hall–Kier alpha value is -1.58. The zero-order valence-electron chi connectivity index (χ0n) is 11.1. The minimum absolute atomic E-state index is 0.0259. The van der Waals surface area contributed by atoms with Crippen molar-refractivity contribution in [1.29, 1.82) is 0 Å². The number of piperazine rings is 1. The first-order valence-electron chi connectivity index (χ1n) is 6.30. The third-order valence-corrected chi connectivity index (χ3v) is 5.23. The number of nitrogens with two attached hydrogens (primary N) is 1. The van der Waals surface area contributed by atoms with E-state index in [1.165, 1.54) is 4.90 Å². The normalized spacial score (nSPS) is 17.0. The van der Waals surface area contributed by atoms with Crippen molar-refractivity contribution in [3.8, 4) is 0 Å². The van der Waals surface area contributed by atoms with Gasteiger partial charge >= 0.3 is 0 Å². The molecule has 1 aromatic rings. The van der Waals surface area contributed by atoms with Crippen LogP contribution in [0.5, 0.6) is 0 Å². The Labute approximate surface area is 121 Å². The third-order valence-electron chi connectivity index (χ3n) is 3.28. The maximum Gasteiger partial charge on any atom is 0.249 e. The van der Waals surface area contributed by atoms with E-state index in [0.29, 0.717) is 0 Å². The summed E-state index contributed by atoms with van der Waals surface area (Å²) < 4.78 is 52.8. The van der Waals surface area contributed by atoms with E-state index in [-0.39, 0.29) is 38.6 Å². The van der Waals surface area contributed by atoms with E-state index in [9.17, 15) is 22.0 Å². The molecule has 1 aromatic carbocycles. The van der Waals surface area contributed by atoms with Gasteiger partial charge in [-0.25, -0.2) is 17.2 Å². The highest BCUT2D eigenvalue weighted by Gasteiger charge is 2.33. The number of sulfonamides is 1. The van der Waals surface area contributed by atoms with Crippen molar-refractivity contribution in [1.82, 2.24) is 9.21 Å². The molecule has 1 fully saturated rings. The molecule has 116 valence electrons. The highest BCUT2D eigenvalue weighted by atomic mass is 32.2. The van der Waals surface area contributed by atoms with E-state index < -0.39 is 26.6 Å². The average molecular weight is 319 g/mol. The summed E-state index contributed by atoms with van der Waals surface area (Å²) in [5.41, 5.74) is 5.23. The number of benzene rings is 1. The highest BCUT2D eigenvalue weighted by molar-refractivity contribution is 7.89. The van der Waals surface area contributed by atoms with Crippen LogP contribution in [0, 0.1) is 11.6 Å². The van der Waals surface area contributed by atoms with Gasteiger partial charge in [-0.05, 0) is 12.1 Å². The molecule has 21 heavy (non-hydrogen) atoms. The Morgan fingerprint density at radius 3 is 2.14 bits per heavy atom. The van der Waals surface area contributed by atoms with Crippen molar-refractivity contribution in [3.63, 3.8) is 0 Å². The van der Waals surface area contributed by atoms with Gasteiger partial charge in [0.1, 0.15) is 11.6 Å². The van der Waals surface area contributed by atoms with Gasteiger partial charge in [-0.1, -0.05) is 6.07 Å². The first-order valence-corrected chi connectivity index (χ1v) is 7.74. The summed E-state index contributed by atoms with van der Waals surface area (Å²) in [7, 11) is -4.27. The Balaban J connectivity index is 2.21. The van der Waals surface area contributed by atoms with Gasteiger partial charge < -0.3 is 10.6 Å². The lowest BCUT2D eigenvalue weighted by Gasteiger charge is -2.33. The molecule has 1 saturated heterocycles. The van der Waals surface area contributed by atoms with Gasteiger partial charge in [0, 0.05) is 26.2 Å². The van der Waals surface area contributed by atoms with Crippen molar-refractivity contribution in [2.75, 3.05) is 32.7 Å². The number of hydrogen-bond donors (Lipinski definition) is 1. The van der Waals surface area contributed by atoms with E-state index in [1.807, 2.05) is 0 Å². The summed E-state index contributed by atoms with van der Waals surface area (Å²) in [4.78, 5) is 11.9. The van der Waals surface area contributed by atoms with Crippen molar-refractivity contribution in [2.45, 2.75) is 4.90 Å². The van der Waals surface area contributed by atoms with Crippen LogP contribution in [0.15, 0.2) is 23.1 Å². The molecule has 9 heteroatoms. The van der Waals surface area contributed by atoms with Crippen LogP contribution in [-0.4, -0.2) is 56.3 Å². The molecule has 1 aliphatic heterocycles. The summed E-state index contributed by atoms with van der Waals surface area (Å²) in [5, 5.41) is 0. The van der Waals surface area contributed by atoms with Gasteiger partial charge in [-0.2, -0.15) is 4.31 Å². The van der Waals surface area contributed by atoms with E-state index in [1.54, 1.807) is 0 Å². The number of amides is 1. The van der Waals surface area contributed by atoms with Gasteiger partial charge in [0.25, 0.3) is 0 Å². The summed E-state index contributed by atoms with van der Waals surface area (Å²) in [6, 6.07) is 2.88. The molecule has 0 atom stereocenters. The van der Waals surface area contributed by atoms with Crippen molar-refractivity contribution in [3.05, 3.63) is 29.8 Å². The Kier molecular flexibility index (Phi) is 4.55. The number of carbonyl (C=O) groups is 1. The van der Waals surface area contributed by atoms with E-state index >= 15 is 0 Å². The number of carbonyl (C=O) groups excluding carboxylic acids is 1. The molecule has 0 bridgehead atoms. The molecular weight excluding hydrogens is 304 g/mol. The maximum absolute atomic E-state index is 13.6. The van der Waals surface area contributed by atoms with Crippen LogP contribution in [0.4, 0.5) is 8.78 Å². The van der Waals surface area contributed by atoms with Crippen molar-refractivity contribution in [2.24, 2.45) is 5.73 Å². The summed E-state index contributed by atoms with van der Waals surface area (Å²) in [5.74, 6) is -2.55. The number of nitrogens with zero attached hydrogens (tertiary/aromatic N) is 2. The molecule has 0 aliphatic carbocycles. The standard InChI is InChI=1S/C12H15F2N3O3S/c13-9-2-1-3-10(14)12(9)21(19,20)17-6-4-16(5-7-17)11(18)8-15/h1-3H,4-8,15H2. The number of hydrogen-bond acceptors (Lipinski definition) is 4. The number of halogens is 2. The molecule has 2 rings (SSSR count). The quantitative estimate of drug-likeness (QED) is 0.833. The van der Waals surface area contributed by atoms with Crippen molar-refractivity contribution >= 4 is 15.9 Å². The Morgan fingerprint density at radius 1 is 1.14 bits per heavy atom. The fourth-order valence-corrected chi connectivity index (χ4v) is 3.70. The van der Waals surface area contributed by atoms with Crippen LogP contribution in [0.1, 0.15) is 0 Å². The smallest absolute Gasteiger partial charge is 0.249 e. The molecule has 0 saturated carbocycles. The van der Waals surface area contributed by atoms with E-state index in [4.69, 9.17) is 5.73 Å².